The molecule has 0 saturated heterocycles. The number of carbonyl (C=O) groups is 1. The lowest BCUT2D eigenvalue weighted by atomic mass is 9.96. The van der Waals surface area contributed by atoms with Crippen LogP contribution in [0.15, 0.2) is 0 Å². The number of hydrogen-bond donors (Lipinski definition) is 3. The maximum atomic E-state index is 9.23. The van der Waals surface area contributed by atoms with Crippen LogP contribution in [0.5, 0.6) is 0 Å². The summed E-state index contributed by atoms with van der Waals surface area (Å²) in [6, 6.07) is 0. The molecule has 0 aromatic rings. The first-order chi connectivity index (χ1) is 6.54. The Morgan fingerprint density at radius 1 is 1.00 bits per heavy atom. The van der Waals surface area contributed by atoms with E-state index in [0.717, 1.165) is 32.6 Å². The monoisotopic (exact) mass is 204 g/mol. The van der Waals surface area contributed by atoms with Crippen molar-refractivity contribution in [2.45, 2.75) is 57.7 Å². The van der Waals surface area contributed by atoms with Crippen LogP contribution < -0.4 is 0 Å². The minimum absolute atomic E-state index is 0.458. The van der Waals surface area contributed by atoms with Crippen LogP contribution in [0.4, 0.5) is 0 Å². The molecular formula is C10H20O4. The van der Waals surface area contributed by atoms with E-state index in [1.165, 1.54) is 12.8 Å². The lowest BCUT2D eigenvalue weighted by Gasteiger charge is -2.19. The second-order valence-corrected chi connectivity index (χ2v) is 3.65. The summed E-state index contributed by atoms with van der Waals surface area (Å²) in [5.74, 6) is -0.833. The van der Waals surface area contributed by atoms with Gasteiger partial charge < -0.3 is 15.3 Å². The number of aliphatic carboxylic acids is 1. The van der Waals surface area contributed by atoms with E-state index < -0.39 is 18.2 Å². The summed E-state index contributed by atoms with van der Waals surface area (Å²) >= 11 is 0. The van der Waals surface area contributed by atoms with Crippen molar-refractivity contribution >= 4 is 5.97 Å². The van der Waals surface area contributed by atoms with Crippen LogP contribution in [0.1, 0.15) is 45.4 Å². The molecular weight excluding hydrogens is 184 g/mol. The first-order valence-corrected chi connectivity index (χ1v) is 5.09. The van der Waals surface area contributed by atoms with Gasteiger partial charge in [-0.25, -0.2) is 0 Å². The summed E-state index contributed by atoms with van der Waals surface area (Å²) in [6.07, 6.45) is 5.20. The van der Waals surface area contributed by atoms with Crippen molar-refractivity contribution in [3.05, 3.63) is 0 Å². The summed E-state index contributed by atoms with van der Waals surface area (Å²) in [5.41, 5.74) is 0. The average molecular weight is 204 g/mol. The highest BCUT2D eigenvalue weighted by Crippen LogP contribution is 2.17. The van der Waals surface area contributed by atoms with E-state index in [0.29, 0.717) is 0 Å². The zero-order valence-corrected chi connectivity index (χ0v) is 8.65. The zero-order chi connectivity index (χ0) is 11.0. The molecule has 1 fully saturated rings. The molecule has 0 bridgehead atoms. The van der Waals surface area contributed by atoms with Crippen molar-refractivity contribution in [3.8, 4) is 0 Å². The Bertz CT molecular complexity index is 142. The highest BCUT2D eigenvalue weighted by molar-refractivity contribution is 5.62. The summed E-state index contributed by atoms with van der Waals surface area (Å²) < 4.78 is 0. The van der Waals surface area contributed by atoms with Crippen LogP contribution in [0.2, 0.25) is 0 Å². The molecule has 0 aromatic heterocycles. The van der Waals surface area contributed by atoms with Crippen molar-refractivity contribution in [2.24, 2.45) is 0 Å². The molecule has 1 aliphatic rings. The van der Waals surface area contributed by atoms with Gasteiger partial charge in [0.1, 0.15) is 0 Å². The van der Waals surface area contributed by atoms with E-state index in [2.05, 4.69) is 0 Å². The molecule has 3 N–H and O–H groups in total. The first-order valence-electron chi connectivity index (χ1n) is 5.09. The van der Waals surface area contributed by atoms with Crippen molar-refractivity contribution in [3.63, 3.8) is 0 Å². The largest absolute Gasteiger partial charge is 0.481 e. The Kier molecular flexibility index (Phi) is 7.42. The first kappa shape index (κ1) is 13.4. The summed E-state index contributed by atoms with van der Waals surface area (Å²) in [5, 5.41) is 25.9. The van der Waals surface area contributed by atoms with Gasteiger partial charge in [-0.05, 0) is 12.8 Å². The summed E-state index contributed by atoms with van der Waals surface area (Å²) in [7, 11) is 0. The fraction of sp³-hybridized carbons (Fsp3) is 0.900. The molecule has 4 nitrogen and oxygen atoms in total. The van der Waals surface area contributed by atoms with Crippen LogP contribution >= 0.6 is 0 Å². The molecule has 2 unspecified atom stereocenters. The molecule has 0 amide bonds. The quantitative estimate of drug-likeness (QED) is 0.553. The van der Waals surface area contributed by atoms with Crippen LogP contribution in [0.3, 0.4) is 0 Å². The number of aliphatic hydroxyl groups is 2. The Hall–Kier alpha value is -0.610. The Morgan fingerprint density at radius 3 is 1.57 bits per heavy atom. The van der Waals surface area contributed by atoms with Gasteiger partial charge in [0, 0.05) is 6.92 Å². The lowest BCUT2D eigenvalue weighted by molar-refractivity contribution is -0.134. The minimum atomic E-state index is -0.833. The molecule has 0 aromatic carbocycles. The van der Waals surface area contributed by atoms with E-state index in [9.17, 15) is 10.2 Å². The van der Waals surface area contributed by atoms with Crippen LogP contribution in [-0.2, 0) is 4.79 Å². The highest BCUT2D eigenvalue weighted by Gasteiger charge is 2.16. The third-order valence-corrected chi connectivity index (χ3v) is 2.19. The number of carboxylic acids is 1. The Labute approximate surface area is 84.6 Å². The molecule has 0 heterocycles. The average Bonchev–Trinajstić information content (AvgIpc) is 2.06. The van der Waals surface area contributed by atoms with Gasteiger partial charge in [-0.15, -0.1) is 0 Å². The molecule has 1 saturated carbocycles. The van der Waals surface area contributed by atoms with E-state index in [4.69, 9.17) is 9.90 Å². The Balaban J connectivity index is 0.000000364. The maximum Gasteiger partial charge on any atom is 0.300 e. The predicted octanol–water partition coefficient (Wildman–Crippen LogP) is 1.15. The Morgan fingerprint density at radius 2 is 1.29 bits per heavy atom. The smallest absolute Gasteiger partial charge is 0.300 e. The van der Waals surface area contributed by atoms with E-state index in [1.54, 1.807) is 0 Å². The predicted molar refractivity (Wildman–Crippen MR) is 53.0 cm³/mol. The van der Waals surface area contributed by atoms with Gasteiger partial charge in [-0.1, -0.05) is 25.7 Å². The SMILES string of the molecule is CC(=O)O.OC1CCCCCCC1O. The van der Waals surface area contributed by atoms with E-state index in [1.807, 2.05) is 0 Å². The third kappa shape index (κ3) is 8.01. The molecule has 14 heavy (non-hydrogen) atoms. The molecule has 0 aliphatic heterocycles. The van der Waals surface area contributed by atoms with Gasteiger partial charge in [0.15, 0.2) is 0 Å². The summed E-state index contributed by atoms with van der Waals surface area (Å²) in [6.45, 7) is 1.08. The molecule has 1 aliphatic carbocycles. The second-order valence-electron chi connectivity index (χ2n) is 3.65. The van der Waals surface area contributed by atoms with Gasteiger partial charge >= 0.3 is 0 Å². The molecule has 2 atom stereocenters. The van der Waals surface area contributed by atoms with Crippen LogP contribution in [0, 0.1) is 0 Å². The number of carboxylic acid groups (broad SMARTS) is 1. The van der Waals surface area contributed by atoms with Gasteiger partial charge in [0.05, 0.1) is 12.2 Å². The van der Waals surface area contributed by atoms with Crippen molar-refractivity contribution in [1.82, 2.24) is 0 Å². The molecule has 84 valence electrons. The van der Waals surface area contributed by atoms with E-state index >= 15 is 0 Å². The van der Waals surface area contributed by atoms with E-state index in [-0.39, 0.29) is 0 Å². The van der Waals surface area contributed by atoms with Crippen LogP contribution in [-0.4, -0.2) is 33.5 Å². The highest BCUT2D eigenvalue weighted by atomic mass is 16.4. The number of aliphatic hydroxyl groups excluding tert-OH is 2. The van der Waals surface area contributed by atoms with Crippen molar-refractivity contribution in [2.75, 3.05) is 0 Å². The molecule has 0 radical (unpaired) electrons. The molecule has 0 spiro atoms. The normalized spacial score (nSPS) is 27.9. The summed E-state index contributed by atoms with van der Waals surface area (Å²) in [4.78, 5) is 9.00. The zero-order valence-electron chi connectivity index (χ0n) is 8.65. The fourth-order valence-corrected chi connectivity index (χ4v) is 1.45. The minimum Gasteiger partial charge on any atom is -0.481 e. The van der Waals surface area contributed by atoms with Gasteiger partial charge in [-0.3, -0.25) is 4.79 Å². The topological polar surface area (TPSA) is 77.8 Å². The standard InChI is InChI=1S/C8H16O2.C2H4O2/c9-7-5-3-1-2-4-6-8(7)10;1-2(3)4/h7-10H,1-6H2;1H3,(H,3,4). The number of rotatable bonds is 0. The van der Waals surface area contributed by atoms with Crippen LogP contribution in [0.25, 0.3) is 0 Å². The maximum absolute atomic E-state index is 9.23. The third-order valence-electron chi connectivity index (χ3n) is 2.19. The molecule has 1 rings (SSSR count). The van der Waals surface area contributed by atoms with Gasteiger partial charge in [0.25, 0.3) is 5.97 Å². The van der Waals surface area contributed by atoms with Gasteiger partial charge in [-0.2, -0.15) is 0 Å². The van der Waals surface area contributed by atoms with Gasteiger partial charge in [0.2, 0.25) is 0 Å². The lowest BCUT2D eigenvalue weighted by Crippen LogP contribution is -2.26. The second kappa shape index (κ2) is 7.76. The van der Waals surface area contributed by atoms with Crippen molar-refractivity contribution < 1.29 is 20.1 Å². The fourth-order valence-electron chi connectivity index (χ4n) is 1.45. The van der Waals surface area contributed by atoms with Crippen molar-refractivity contribution in [1.29, 1.82) is 0 Å². The number of hydrogen-bond acceptors (Lipinski definition) is 3. The molecule has 4 heteroatoms.